The van der Waals surface area contributed by atoms with Crippen molar-refractivity contribution in [1.82, 2.24) is 19.2 Å². The maximum absolute atomic E-state index is 12.4. The standard InChI is InChI=1S/C18H32N4O4/c1-6-21-16(19-22(17(21)24)11-12-25-5)14-7-9-20(10-8-14)13-15(23)26-18(2,3)4/h14H,6-13H2,1-5H3. The molecular formula is C18H32N4O4. The van der Waals surface area contributed by atoms with E-state index in [-0.39, 0.29) is 17.6 Å². The first-order valence-corrected chi connectivity index (χ1v) is 9.35. The predicted molar refractivity (Wildman–Crippen MR) is 98.3 cm³/mol. The summed E-state index contributed by atoms with van der Waals surface area (Å²) in [6.45, 7) is 11.0. The van der Waals surface area contributed by atoms with Gasteiger partial charge in [0.1, 0.15) is 11.4 Å². The number of methoxy groups -OCH3 is 1. The van der Waals surface area contributed by atoms with Crippen molar-refractivity contribution in [3.8, 4) is 0 Å². The third-order valence-electron chi connectivity index (χ3n) is 4.50. The first-order valence-electron chi connectivity index (χ1n) is 9.35. The minimum absolute atomic E-state index is 0.0734. The van der Waals surface area contributed by atoms with Gasteiger partial charge in [-0.2, -0.15) is 5.10 Å². The van der Waals surface area contributed by atoms with E-state index in [0.717, 1.165) is 31.8 Å². The van der Waals surface area contributed by atoms with Gasteiger partial charge in [0, 0.05) is 19.6 Å². The summed E-state index contributed by atoms with van der Waals surface area (Å²) in [4.78, 5) is 26.6. The van der Waals surface area contributed by atoms with Crippen LogP contribution in [0, 0.1) is 0 Å². The summed E-state index contributed by atoms with van der Waals surface area (Å²) in [5, 5.41) is 4.55. The molecule has 8 nitrogen and oxygen atoms in total. The molecule has 0 atom stereocenters. The van der Waals surface area contributed by atoms with Crippen molar-refractivity contribution in [2.45, 2.75) is 65.1 Å². The van der Waals surface area contributed by atoms with Crippen molar-refractivity contribution >= 4 is 5.97 Å². The van der Waals surface area contributed by atoms with Crippen molar-refractivity contribution in [2.75, 3.05) is 33.4 Å². The molecule has 0 saturated carbocycles. The number of aromatic nitrogens is 3. The summed E-state index contributed by atoms with van der Waals surface area (Å²) in [6, 6.07) is 0. The van der Waals surface area contributed by atoms with Gasteiger partial charge in [-0.25, -0.2) is 9.48 Å². The monoisotopic (exact) mass is 368 g/mol. The van der Waals surface area contributed by atoms with Crippen LogP contribution >= 0.6 is 0 Å². The van der Waals surface area contributed by atoms with Crippen LogP contribution in [0.5, 0.6) is 0 Å². The van der Waals surface area contributed by atoms with E-state index >= 15 is 0 Å². The van der Waals surface area contributed by atoms with Gasteiger partial charge < -0.3 is 9.47 Å². The molecule has 1 saturated heterocycles. The molecule has 1 aromatic rings. The third-order valence-corrected chi connectivity index (χ3v) is 4.50. The second kappa shape index (κ2) is 8.81. The minimum Gasteiger partial charge on any atom is -0.459 e. The van der Waals surface area contributed by atoms with E-state index in [1.54, 1.807) is 11.7 Å². The van der Waals surface area contributed by atoms with Crippen molar-refractivity contribution in [2.24, 2.45) is 0 Å². The molecule has 0 unspecified atom stereocenters. The van der Waals surface area contributed by atoms with Gasteiger partial charge in [0.05, 0.1) is 19.7 Å². The molecule has 0 aliphatic carbocycles. The summed E-state index contributed by atoms with van der Waals surface area (Å²) in [6.07, 6.45) is 1.76. The lowest BCUT2D eigenvalue weighted by Gasteiger charge is -2.31. The Hall–Kier alpha value is -1.67. The molecule has 2 heterocycles. The zero-order chi connectivity index (χ0) is 19.3. The van der Waals surface area contributed by atoms with Crippen LogP contribution in [0.1, 0.15) is 52.3 Å². The minimum atomic E-state index is -0.457. The van der Waals surface area contributed by atoms with Crippen LogP contribution in [0.15, 0.2) is 4.79 Å². The molecule has 1 aliphatic rings. The lowest BCUT2D eigenvalue weighted by Crippen LogP contribution is -2.39. The summed E-state index contributed by atoms with van der Waals surface area (Å²) in [7, 11) is 1.61. The van der Waals surface area contributed by atoms with E-state index in [2.05, 4.69) is 10.00 Å². The second-order valence-corrected chi connectivity index (χ2v) is 7.74. The van der Waals surface area contributed by atoms with E-state index < -0.39 is 5.60 Å². The highest BCUT2D eigenvalue weighted by Gasteiger charge is 2.28. The smallest absolute Gasteiger partial charge is 0.345 e. The Morgan fingerprint density at radius 1 is 1.27 bits per heavy atom. The van der Waals surface area contributed by atoms with E-state index in [4.69, 9.17) is 9.47 Å². The highest BCUT2D eigenvalue weighted by atomic mass is 16.6. The number of likely N-dealkylation sites (tertiary alicyclic amines) is 1. The van der Waals surface area contributed by atoms with Crippen LogP contribution in [-0.4, -0.2) is 64.2 Å². The Labute approximate surface area is 155 Å². The molecular weight excluding hydrogens is 336 g/mol. The molecule has 0 radical (unpaired) electrons. The normalized spacial score (nSPS) is 16.8. The van der Waals surface area contributed by atoms with E-state index in [0.29, 0.717) is 26.2 Å². The highest BCUT2D eigenvalue weighted by Crippen LogP contribution is 2.26. The number of nitrogens with zero attached hydrogens (tertiary/aromatic N) is 4. The van der Waals surface area contributed by atoms with Gasteiger partial charge in [0.15, 0.2) is 0 Å². The number of carbonyl (C=O) groups is 1. The lowest BCUT2D eigenvalue weighted by atomic mass is 9.96. The Balaban J connectivity index is 1.97. The van der Waals surface area contributed by atoms with Crippen LogP contribution in [0.2, 0.25) is 0 Å². The van der Waals surface area contributed by atoms with Crippen molar-refractivity contribution in [3.63, 3.8) is 0 Å². The SMILES string of the molecule is CCn1c(C2CCN(CC(=O)OC(C)(C)C)CC2)nn(CCOC)c1=O. The Bertz CT molecular complexity index is 651. The quantitative estimate of drug-likeness (QED) is 0.674. The zero-order valence-corrected chi connectivity index (χ0v) is 16.7. The number of rotatable bonds is 7. The summed E-state index contributed by atoms with van der Waals surface area (Å²) >= 11 is 0. The van der Waals surface area contributed by atoms with Gasteiger partial charge in [-0.15, -0.1) is 0 Å². The predicted octanol–water partition coefficient (Wildman–Crippen LogP) is 1.23. The average Bonchev–Trinajstić information content (AvgIpc) is 2.87. The first-order chi connectivity index (χ1) is 12.2. The van der Waals surface area contributed by atoms with Crippen molar-refractivity contribution in [3.05, 3.63) is 16.3 Å². The topological polar surface area (TPSA) is 78.6 Å². The number of esters is 1. The third kappa shape index (κ3) is 5.41. The van der Waals surface area contributed by atoms with Gasteiger partial charge in [-0.1, -0.05) is 0 Å². The fraction of sp³-hybridized carbons (Fsp3) is 0.833. The molecule has 8 heteroatoms. The lowest BCUT2D eigenvalue weighted by molar-refractivity contribution is -0.156. The molecule has 1 aliphatic heterocycles. The van der Waals surface area contributed by atoms with Gasteiger partial charge in [-0.3, -0.25) is 14.3 Å². The zero-order valence-electron chi connectivity index (χ0n) is 16.7. The maximum Gasteiger partial charge on any atom is 0.345 e. The number of carbonyl (C=O) groups excluding carboxylic acids is 1. The largest absolute Gasteiger partial charge is 0.459 e. The Kier molecular flexibility index (Phi) is 7.00. The van der Waals surface area contributed by atoms with E-state index in [1.807, 2.05) is 27.7 Å². The van der Waals surface area contributed by atoms with E-state index in [1.165, 1.54) is 4.68 Å². The van der Waals surface area contributed by atoms with E-state index in [9.17, 15) is 9.59 Å². The van der Waals surface area contributed by atoms with Crippen molar-refractivity contribution < 1.29 is 14.3 Å². The molecule has 0 aromatic carbocycles. The number of piperidine rings is 1. The summed E-state index contributed by atoms with van der Waals surface area (Å²) in [5.41, 5.74) is -0.530. The highest BCUT2D eigenvalue weighted by molar-refractivity contribution is 5.72. The maximum atomic E-state index is 12.4. The second-order valence-electron chi connectivity index (χ2n) is 7.74. The molecule has 26 heavy (non-hydrogen) atoms. The average molecular weight is 368 g/mol. The molecule has 2 rings (SSSR count). The van der Waals surface area contributed by atoms with Crippen LogP contribution in [-0.2, 0) is 27.4 Å². The van der Waals surface area contributed by atoms with Gasteiger partial charge in [-0.05, 0) is 53.6 Å². The summed E-state index contributed by atoms with van der Waals surface area (Å²) in [5.74, 6) is 0.900. The molecule has 0 bridgehead atoms. The first kappa shape index (κ1) is 20.6. The molecule has 0 amide bonds. The van der Waals surface area contributed by atoms with Crippen molar-refractivity contribution in [1.29, 1.82) is 0 Å². The number of ether oxygens (including phenoxy) is 2. The number of hydrogen-bond donors (Lipinski definition) is 0. The molecule has 1 fully saturated rings. The molecule has 148 valence electrons. The number of hydrogen-bond acceptors (Lipinski definition) is 6. The van der Waals surface area contributed by atoms with Gasteiger partial charge in [0.25, 0.3) is 0 Å². The molecule has 1 aromatic heterocycles. The van der Waals surface area contributed by atoms with Crippen LogP contribution in [0.25, 0.3) is 0 Å². The van der Waals surface area contributed by atoms with Crippen LogP contribution in [0.4, 0.5) is 0 Å². The fourth-order valence-corrected chi connectivity index (χ4v) is 3.29. The fourth-order valence-electron chi connectivity index (χ4n) is 3.29. The molecule has 0 spiro atoms. The van der Waals surface area contributed by atoms with Crippen LogP contribution in [0.3, 0.4) is 0 Å². The van der Waals surface area contributed by atoms with Gasteiger partial charge in [0.2, 0.25) is 0 Å². The Morgan fingerprint density at radius 3 is 2.46 bits per heavy atom. The summed E-state index contributed by atoms with van der Waals surface area (Å²) < 4.78 is 13.7. The Morgan fingerprint density at radius 2 is 1.92 bits per heavy atom. The molecule has 0 N–H and O–H groups in total. The van der Waals surface area contributed by atoms with Gasteiger partial charge >= 0.3 is 11.7 Å². The van der Waals surface area contributed by atoms with Crippen LogP contribution < -0.4 is 5.69 Å².